The van der Waals surface area contributed by atoms with Gasteiger partial charge >= 0.3 is 6.18 Å². The second-order valence-corrected chi connectivity index (χ2v) is 5.76. The molecular formula is C16H16F3N3O. The molecule has 0 N–H and O–H groups in total. The van der Waals surface area contributed by atoms with Gasteiger partial charge in [0.25, 0.3) is 5.91 Å². The Morgan fingerprint density at radius 1 is 1.35 bits per heavy atom. The summed E-state index contributed by atoms with van der Waals surface area (Å²) in [6, 6.07) is 5.36. The fraction of sp³-hybridized carbons (Fsp3) is 0.375. The lowest BCUT2D eigenvalue weighted by molar-refractivity contribution is -0.137. The molecule has 1 aromatic heterocycles. The van der Waals surface area contributed by atoms with Gasteiger partial charge in [0.2, 0.25) is 0 Å². The first-order chi connectivity index (χ1) is 10.8. The highest BCUT2D eigenvalue weighted by Gasteiger charge is 2.33. The normalized spacial score (nSPS) is 18.4. The zero-order chi connectivity index (χ0) is 16.6. The number of likely N-dealkylation sites (tertiary alicyclic amines) is 1. The van der Waals surface area contributed by atoms with Crippen molar-refractivity contribution in [1.82, 2.24) is 14.7 Å². The van der Waals surface area contributed by atoms with Gasteiger partial charge in [-0.15, -0.1) is 0 Å². The maximum Gasteiger partial charge on any atom is 0.416 e. The van der Waals surface area contributed by atoms with Crippen LogP contribution in [0, 0.1) is 0 Å². The van der Waals surface area contributed by atoms with E-state index in [1.54, 1.807) is 28.9 Å². The number of aromatic nitrogens is 2. The van der Waals surface area contributed by atoms with Crippen molar-refractivity contribution in [3.8, 4) is 0 Å². The third kappa shape index (κ3) is 3.23. The molecule has 7 heteroatoms. The molecule has 2 heterocycles. The van der Waals surface area contributed by atoms with E-state index in [9.17, 15) is 18.0 Å². The van der Waals surface area contributed by atoms with E-state index in [2.05, 4.69) is 5.10 Å². The van der Waals surface area contributed by atoms with Crippen LogP contribution in [0.3, 0.4) is 0 Å². The second-order valence-electron chi connectivity index (χ2n) is 5.76. The predicted molar refractivity (Wildman–Crippen MR) is 77.9 cm³/mol. The summed E-state index contributed by atoms with van der Waals surface area (Å²) < 4.78 is 40.0. The molecule has 1 saturated heterocycles. The number of halogens is 3. The molecule has 1 aromatic carbocycles. The summed E-state index contributed by atoms with van der Waals surface area (Å²) in [7, 11) is 1.73. The first kappa shape index (κ1) is 15.6. The van der Waals surface area contributed by atoms with E-state index in [1.807, 2.05) is 0 Å². The summed E-state index contributed by atoms with van der Waals surface area (Å²) in [5.74, 6) is -0.203. The molecule has 0 aliphatic carbocycles. The average Bonchev–Trinajstić information content (AvgIpc) is 3.15. The molecule has 0 spiro atoms. The number of alkyl halides is 3. The summed E-state index contributed by atoms with van der Waals surface area (Å²) in [5.41, 5.74) is 0.477. The predicted octanol–water partition coefficient (Wildman–Crippen LogP) is 3.07. The molecular weight excluding hydrogens is 307 g/mol. The highest BCUT2D eigenvalue weighted by molar-refractivity contribution is 5.94. The Morgan fingerprint density at radius 2 is 2.13 bits per heavy atom. The van der Waals surface area contributed by atoms with Crippen molar-refractivity contribution < 1.29 is 18.0 Å². The van der Waals surface area contributed by atoms with Gasteiger partial charge in [0.1, 0.15) is 0 Å². The zero-order valence-corrected chi connectivity index (χ0v) is 12.5. The van der Waals surface area contributed by atoms with E-state index in [4.69, 9.17) is 0 Å². The van der Waals surface area contributed by atoms with Crippen molar-refractivity contribution in [3.63, 3.8) is 0 Å². The van der Waals surface area contributed by atoms with Crippen LogP contribution < -0.4 is 0 Å². The highest BCUT2D eigenvalue weighted by atomic mass is 19.4. The molecule has 23 heavy (non-hydrogen) atoms. The van der Waals surface area contributed by atoms with Crippen LogP contribution in [-0.4, -0.2) is 33.7 Å². The minimum absolute atomic E-state index is 0.0714. The summed E-state index contributed by atoms with van der Waals surface area (Å²) in [4.78, 5) is 14.0. The van der Waals surface area contributed by atoms with Crippen LogP contribution in [0.15, 0.2) is 36.7 Å². The van der Waals surface area contributed by atoms with Crippen LogP contribution in [0.5, 0.6) is 0 Å². The quantitative estimate of drug-likeness (QED) is 0.852. The van der Waals surface area contributed by atoms with E-state index >= 15 is 0 Å². The largest absolute Gasteiger partial charge is 0.416 e. The standard InChI is InChI=1S/C16H16F3N3O/c1-21-9-13(8-20-21)15(23)22-6-5-12(10-22)11-3-2-4-14(7-11)16(17,18)19/h2-4,7-9,12H,5-6,10H2,1H3/t12-/m0/s1. The molecule has 3 rings (SSSR count). The Labute approximate surface area is 131 Å². The van der Waals surface area contributed by atoms with E-state index < -0.39 is 11.7 Å². The molecule has 1 amide bonds. The third-order valence-electron chi connectivity index (χ3n) is 4.11. The molecule has 4 nitrogen and oxygen atoms in total. The summed E-state index contributed by atoms with van der Waals surface area (Å²) >= 11 is 0. The summed E-state index contributed by atoms with van der Waals surface area (Å²) in [5, 5.41) is 3.97. The van der Waals surface area contributed by atoms with Crippen LogP contribution >= 0.6 is 0 Å². The van der Waals surface area contributed by atoms with Crippen molar-refractivity contribution in [2.75, 3.05) is 13.1 Å². The molecule has 2 aromatic rings. The fourth-order valence-corrected chi connectivity index (χ4v) is 2.90. The topological polar surface area (TPSA) is 38.1 Å². The van der Waals surface area contributed by atoms with Crippen LogP contribution in [0.2, 0.25) is 0 Å². The Bertz CT molecular complexity index is 723. The molecule has 0 unspecified atom stereocenters. The van der Waals surface area contributed by atoms with Crippen molar-refractivity contribution in [2.45, 2.75) is 18.5 Å². The lowest BCUT2D eigenvalue weighted by atomic mass is 9.96. The number of carbonyl (C=O) groups excluding carboxylic acids is 1. The van der Waals surface area contributed by atoms with Crippen LogP contribution in [0.1, 0.15) is 33.8 Å². The second kappa shape index (κ2) is 5.72. The van der Waals surface area contributed by atoms with Gasteiger partial charge < -0.3 is 4.90 Å². The molecule has 0 saturated carbocycles. The number of hydrogen-bond acceptors (Lipinski definition) is 2. The van der Waals surface area contributed by atoms with Crippen molar-refractivity contribution in [2.24, 2.45) is 7.05 Å². The smallest absolute Gasteiger partial charge is 0.338 e. The number of aryl methyl sites for hydroxylation is 1. The van der Waals surface area contributed by atoms with Gasteiger partial charge in [0.05, 0.1) is 17.3 Å². The van der Waals surface area contributed by atoms with Gasteiger partial charge in [0, 0.05) is 32.3 Å². The Hall–Kier alpha value is -2.31. The van der Waals surface area contributed by atoms with Crippen LogP contribution in [0.4, 0.5) is 13.2 Å². The third-order valence-corrected chi connectivity index (χ3v) is 4.11. The van der Waals surface area contributed by atoms with Gasteiger partial charge in [0.15, 0.2) is 0 Å². The lowest BCUT2D eigenvalue weighted by Crippen LogP contribution is -2.28. The molecule has 1 aliphatic heterocycles. The molecule has 1 aliphatic rings. The van der Waals surface area contributed by atoms with Crippen LogP contribution in [0.25, 0.3) is 0 Å². The molecule has 1 fully saturated rings. The minimum atomic E-state index is -4.35. The van der Waals surface area contributed by atoms with Gasteiger partial charge in [-0.3, -0.25) is 9.48 Å². The number of benzene rings is 1. The van der Waals surface area contributed by atoms with E-state index in [0.29, 0.717) is 30.6 Å². The van der Waals surface area contributed by atoms with E-state index in [-0.39, 0.29) is 11.8 Å². The molecule has 0 radical (unpaired) electrons. The van der Waals surface area contributed by atoms with Gasteiger partial charge in [-0.2, -0.15) is 18.3 Å². The van der Waals surface area contributed by atoms with Crippen molar-refractivity contribution in [3.05, 3.63) is 53.3 Å². The molecule has 122 valence electrons. The Morgan fingerprint density at radius 3 is 2.78 bits per heavy atom. The highest BCUT2D eigenvalue weighted by Crippen LogP contribution is 2.34. The first-order valence-electron chi connectivity index (χ1n) is 7.29. The molecule has 0 bridgehead atoms. The average molecular weight is 323 g/mol. The maximum atomic E-state index is 12.8. The Balaban J connectivity index is 1.74. The number of carbonyl (C=O) groups is 1. The Kier molecular flexibility index (Phi) is 3.87. The van der Waals surface area contributed by atoms with Crippen molar-refractivity contribution >= 4 is 5.91 Å². The van der Waals surface area contributed by atoms with Gasteiger partial charge in [-0.25, -0.2) is 0 Å². The SMILES string of the molecule is Cn1cc(C(=O)N2CC[C@H](c3cccc(C(F)(F)F)c3)C2)cn1. The first-order valence-corrected chi connectivity index (χ1v) is 7.29. The number of hydrogen-bond donors (Lipinski definition) is 0. The van der Waals surface area contributed by atoms with E-state index in [0.717, 1.165) is 6.07 Å². The van der Waals surface area contributed by atoms with Crippen LogP contribution in [-0.2, 0) is 13.2 Å². The molecule has 1 atom stereocenters. The maximum absolute atomic E-state index is 12.8. The van der Waals surface area contributed by atoms with E-state index in [1.165, 1.54) is 18.3 Å². The number of rotatable bonds is 2. The summed E-state index contributed by atoms with van der Waals surface area (Å²) in [6.45, 7) is 0.962. The zero-order valence-electron chi connectivity index (χ0n) is 12.5. The minimum Gasteiger partial charge on any atom is -0.338 e. The monoisotopic (exact) mass is 323 g/mol. The van der Waals surface area contributed by atoms with Crippen molar-refractivity contribution in [1.29, 1.82) is 0 Å². The number of amides is 1. The van der Waals surface area contributed by atoms with Gasteiger partial charge in [-0.1, -0.05) is 18.2 Å². The number of nitrogens with zero attached hydrogens (tertiary/aromatic N) is 3. The fourth-order valence-electron chi connectivity index (χ4n) is 2.90. The van der Waals surface area contributed by atoms with Gasteiger partial charge in [-0.05, 0) is 18.1 Å². The lowest BCUT2D eigenvalue weighted by Gasteiger charge is -2.16. The summed E-state index contributed by atoms with van der Waals surface area (Å²) in [6.07, 6.45) is -0.549.